The van der Waals surface area contributed by atoms with E-state index in [0.717, 1.165) is 17.3 Å². The van der Waals surface area contributed by atoms with Gasteiger partial charge in [-0.1, -0.05) is 6.07 Å². The van der Waals surface area contributed by atoms with Gasteiger partial charge >= 0.3 is 0 Å². The fourth-order valence-electron chi connectivity index (χ4n) is 3.13. The molecule has 4 rings (SSSR count). The van der Waals surface area contributed by atoms with Crippen molar-refractivity contribution in [2.75, 3.05) is 5.32 Å². The van der Waals surface area contributed by atoms with E-state index in [0.29, 0.717) is 38.5 Å². The molecule has 1 aliphatic heterocycles. The summed E-state index contributed by atoms with van der Waals surface area (Å²) in [5.74, 6) is 0.233. The van der Waals surface area contributed by atoms with E-state index in [1.807, 2.05) is 0 Å². The van der Waals surface area contributed by atoms with E-state index < -0.39 is 4.92 Å². The van der Waals surface area contributed by atoms with Crippen molar-refractivity contribution < 1.29 is 18.9 Å². The normalized spacial score (nSPS) is 15.6. The van der Waals surface area contributed by atoms with Crippen LogP contribution < -0.4 is 10.6 Å². The smallest absolute Gasteiger partial charge is 0.280 e. The van der Waals surface area contributed by atoms with Crippen LogP contribution in [0.15, 0.2) is 68.9 Å². The van der Waals surface area contributed by atoms with Crippen molar-refractivity contribution in [1.29, 1.82) is 0 Å². The van der Waals surface area contributed by atoms with Gasteiger partial charge in [-0.05, 0) is 66.7 Å². The molecule has 0 unspecified atom stereocenters. The number of carbonyl (C=O) groups excluding carboxylic acids is 2. The molecule has 10 heteroatoms. The van der Waals surface area contributed by atoms with Gasteiger partial charge in [-0.3, -0.25) is 19.7 Å². The van der Waals surface area contributed by atoms with Crippen LogP contribution in [0, 0.1) is 17.0 Å². The van der Waals surface area contributed by atoms with Gasteiger partial charge in [0.2, 0.25) is 5.91 Å². The number of nitrogens with one attached hydrogen (secondary N) is 2. The Bertz CT molecular complexity index is 1320. The molecule has 0 saturated carbocycles. The molecule has 1 fully saturated rings. The summed E-state index contributed by atoms with van der Waals surface area (Å²) in [6, 6.07) is 15.1. The van der Waals surface area contributed by atoms with Crippen LogP contribution in [-0.4, -0.2) is 21.9 Å². The zero-order valence-corrected chi connectivity index (χ0v) is 18.4. The van der Waals surface area contributed by atoms with Crippen molar-refractivity contribution in [3.8, 4) is 11.3 Å². The molecule has 9 nitrogen and oxygen atoms in total. The molecule has 3 aromatic rings. The first-order valence-electron chi connectivity index (χ1n) is 9.81. The van der Waals surface area contributed by atoms with Crippen molar-refractivity contribution in [1.82, 2.24) is 5.32 Å². The fourth-order valence-corrected chi connectivity index (χ4v) is 3.95. The van der Waals surface area contributed by atoms with E-state index in [1.54, 1.807) is 61.5 Å². The van der Waals surface area contributed by atoms with E-state index >= 15 is 0 Å². The molecule has 1 saturated heterocycles. The second-order valence-corrected chi connectivity index (χ2v) is 8.22. The highest BCUT2D eigenvalue weighted by Crippen LogP contribution is 2.34. The monoisotopic (exact) mass is 462 g/mol. The first-order valence-corrected chi connectivity index (χ1v) is 10.6. The summed E-state index contributed by atoms with van der Waals surface area (Å²) in [4.78, 5) is 39.2. The van der Waals surface area contributed by atoms with Crippen LogP contribution in [-0.2, 0) is 9.59 Å². The lowest BCUT2D eigenvalue weighted by Gasteiger charge is -2.02. The molecule has 2 heterocycles. The van der Waals surface area contributed by atoms with Gasteiger partial charge in [-0.15, -0.1) is 0 Å². The van der Waals surface area contributed by atoms with Gasteiger partial charge in [-0.2, -0.15) is 0 Å². The summed E-state index contributed by atoms with van der Waals surface area (Å²) in [6.45, 7) is 3.21. The standard InChI is InChI=1S/C23H18N4O5S/c1-13-3-9-18(19(11-13)27(30)31)20-10-8-17(32-20)12-21-22(29)26-23(33-21)25-16-6-4-15(5-7-16)24-14(2)28/h3-12H,1-2H3,(H,24,28)(H,25,26,29)/b21-12+. The maximum absolute atomic E-state index is 12.4. The van der Waals surface area contributed by atoms with Gasteiger partial charge in [0.05, 0.1) is 21.1 Å². The highest BCUT2D eigenvalue weighted by atomic mass is 32.2. The van der Waals surface area contributed by atoms with Crippen molar-refractivity contribution in [3.05, 3.63) is 80.9 Å². The second kappa shape index (κ2) is 9.13. The number of furan rings is 1. The zero-order valence-electron chi connectivity index (χ0n) is 17.6. The number of hydrogen-bond donors (Lipinski definition) is 2. The molecule has 1 aliphatic rings. The van der Waals surface area contributed by atoms with Gasteiger partial charge in [0.25, 0.3) is 11.6 Å². The number of anilines is 1. The molecule has 33 heavy (non-hydrogen) atoms. The number of aryl methyl sites for hydroxylation is 1. The number of nitro benzene ring substituents is 1. The molecule has 2 aromatic carbocycles. The third-order valence-electron chi connectivity index (χ3n) is 4.58. The van der Waals surface area contributed by atoms with Crippen LogP contribution in [0.2, 0.25) is 0 Å². The summed E-state index contributed by atoms with van der Waals surface area (Å²) < 4.78 is 5.76. The fraction of sp³-hybridized carbons (Fsp3) is 0.0870. The summed E-state index contributed by atoms with van der Waals surface area (Å²) in [5.41, 5.74) is 2.35. The Balaban J connectivity index is 1.53. The van der Waals surface area contributed by atoms with Gasteiger partial charge in [-0.25, -0.2) is 4.99 Å². The highest BCUT2D eigenvalue weighted by Gasteiger charge is 2.25. The maximum atomic E-state index is 12.4. The van der Waals surface area contributed by atoms with Crippen molar-refractivity contribution in [3.63, 3.8) is 0 Å². The topological polar surface area (TPSA) is 127 Å². The number of amides is 2. The molecular formula is C23H18N4O5S. The SMILES string of the molecule is CC(=O)Nc1ccc(N=C2NC(=O)/C(=C\c3ccc(-c4ccc(C)cc4[N+](=O)[O-])o3)S2)cc1. The van der Waals surface area contributed by atoms with E-state index in [1.165, 1.54) is 13.0 Å². The molecule has 1 aromatic heterocycles. The molecule has 0 atom stereocenters. The van der Waals surface area contributed by atoms with E-state index in [4.69, 9.17) is 4.42 Å². The number of hydrogen-bond acceptors (Lipinski definition) is 7. The Labute approximate surface area is 192 Å². The molecule has 2 N–H and O–H groups in total. The number of amidine groups is 1. The highest BCUT2D eigenvalue weighted by molar-refractivity contribution is 8.18. The lowest BCUT2D eigenvalue weighted by atomic mass is 10.1. The van der Waals surface area contributed by atoms with Crippen molar-refractivity contribution in [2.24, 2.45) is 4.99 Å². The van der Waals surface area contributed by atoms with E-state index in [-0.39, 0.29) is 17.5 Å². The third-order valence-corrected chi connectivity index (χ3v) is 5.49. The lowest BCUT2D eigenvalue weighted by Crippen LogP contribution is -2.19. The Hall–Kier alpha value is -4.18. The average Bonchev–Trinajstić information content (AvgIpc) is 3.35. The molecular weight excluding hydrogens is 444 g/mol. The van der Waals surface area contributed by atoms with Gasteiger partial charge in [0.1, 0.15) is 11.5 Å². The van der Waals surface area contributed by atoms with Gasteiger partial charge in [0, 0.05) is 24.8 Å². The van der Waals surface area contributed by atoms with E-state index in [2.05, 4.69) is 15.6 Å². The molecule has 2 amide bonds. The number of carbonyl (C=O) groups is 2. The number of rotatable bonds is 5. The summed E-state index contributed by atoms with van der Waals surface area (Å²) in [5, 5.41) is 17.2. The van der Waals surface area contributed by atoms with Crippen molar-refractivity contribution in [2.45, 2.75) is 13.8 Å². The molecule has 0 radical (unpaired) electrons. The van der Waals surface area contributed by atoms with Gasteiger partial charge < -0.3 is 15.1 Å². The minimum atomic E-state index is -0.450. The maximum Gasteiger partial charge on any atom is 0.280 e. The second-order valence-electron chi connectivity index (χ2n) is 7.19. The minimum Gasteiger partial charge on any atom is -0.456 e. The largest absolute Gasteiger partial charge is 0.456 e. The molecule has 0 bridgehead atoms. The van der Waals surface area contributed by atoms with Crippen LogP contribution in [0.4, 0.5) is 17.1 Å². The third kappa shape index (κ3) is 5.18. The molecule has 166 valence electrons. The van der Waals surface area contributed by atoms with E-state index in [9.17, 15) is 19.7 Å². The first kappa shape index (κ1) is 22.0. The quantitative estimate of drug-likeness (QED) is 0.312. The molecule has 0 spiro atoms. The summed E-state index contributed by atoms with van der Waals surface area (Å²) >= 11 is 1.15. The average molecular weight is 462 g/mol. The number of thioether (sulfide) groups is 1. The van der Waals surface area contributed by atoms with Crippen LogP contribution in [0.3, 0.4) is 0 Å². The lowest BCUT2D eigenvalue weighted by molar-refractivity contribution is -0.384. The molecule has 0 aliphatic carbocycles. The number of aliphatic imine (C=N–C) groups is 1. The number of benzene rings is 2. The predicted molar refractivity (Wildman–Crippen MR) is 127 cm³/mol. The van der Waals surface area contributed by atoms with Crippen molar-refractivity contribution >= 4 is 51.9 Å². The van der Waals surface area contributed by atoms with Crippen LogP contribution >= 0.6 is 11.8 Å². The first-order chi connectivity index (χ1) is 15.8. The number of nitro groups is 1. The zero-order chi connectivity index (χ0) is 23.5. The minimum absolute atomic E-state index is 0.0459. The Morgan fingerprint density at radius 1 is 1.18 bits per heavy atom. The Morgan fingerprint density at radius 3 is 2.64 bits per heavy atom. The van der Waals surface area contributed by atoms with Gasteiger partial charge in [0.15, 0.2) is 5.17 Å². The van der Waals surface area contributed by atoms with Crippen LogP contribution in [0.1, 0.15) is 18.2 Å². The summed E-state index contributed by atoms with van der Waals surface area (Å²) in [6.07, 6.45) is 1.56. The van der Waals surface area contributed by atoms with Crippen LogP contribution in [0.5, 0.6) is 0 Å². The Morgan fingerprint density at radius 2 is 1.94 bits per heavy atom. The van der Waals surface area contributed by atoms with Crippen LogP contribution in [0.25, 0.3) is 17.4 Å². The summed E-state index contributed by atoms with van der Waals surface area (Å²) in [7, 11) is 0. The number of nitrogens with zero attached hydrogens (tertiary/aromatic N) is 2. The predicted octanol–water partition coefficient (Wildman–Crippen LogP) is 5.01. The Kier molecular flexibility index (Phi) is 6.09.